The number of carbonyl (C=O) groups excluding carboxylic acids is 2. The number of nitrogens with one attached hydrogen (secondary N) is 2. The normalized spacial score (nSPS) is 22.7. The fourth-order valence-electron chi connectivity index (χ4n) is 4.50. The molecule has 2 unspecified atom stereocenters. The number of aliphatic hydroxyl groups is 1. The van der Waals surface area contributed by atoms with Crippen LogP contribution in [0.1, 0.15) is 52.8 Å². The van der Waals surface area contributed by atoms with E-state index >= 15 is 4.39 Å². The number of hydrogen-bond donors (Lipinski definition) is 3. The number of H-pyrrole nitrogens is 1. The summed E-state index contributed by atoms with van der Waals surface area (Å²) in [7, 11) is -4.70. The Hall–Kier alpha value is -4.05. The Kier molecular flexibility index (Phi) is 12.9. The summed E-state index contributed by atoms with van der Waals surface area (Å²) in [6.07, 6.45) is -6.13. The molecule has 3 rings (SSSR count). The van der Waals surface area contributed by atoms with Crippen molar-refractivity contribution in [3.05, 3.63) is 73.4 Å². The molecule has 3 N–H and O–H groups in total. The summed E-state index contributed by atoms with van der Waals surface area (Å²) >= 11 is 0. The van der Waals surface area contributed by atoms with Gasteiger partial charge in [-0.05, 0) is 58.2 Å². The average Bonchev–Trinajstić information content (AvgIpc) is 3.23. The summed E-state index contributed by atoms with van der Waals surface area (Å²) in [4.78, 5) is 53.3. The molecular weight excluding hydrogens is 646 g/mol. The largest absolute Gasteiger partial charge is 0.463 e. The third-order valence-corrected chi connectivity index (χ3v) is 8.30. The highest BCUT2D eigenvalue weighted by atomic mass is 31.2. The molecule has 0 saturated carbocycles. The van der Waals surface area contributed by atoms with Gasteiger partial charge in [0.25, 0.3) is 5.56 Å². The zero-order chi connectivity index (χ0) is 34.9. The van der Waals surface area contributed by atoms with E-state index in [1.807, 2.05) is 4.98 Å². The monoisotopic (exact) mass is 684 g/mol. The topological polar surface area (TPSA) is 233 Å². The van der Waals surface area contributed by atoms with Crippen LogP contribution in [-0.4, -0.2) is 75.9 Å². The Morgan fingerprint density at radius 3 is 2.51 bits per heavy atom. The number of azide groups is 1. The Labute approximate surface area is 268 Å². The molecule has 17 nitrogen and oxygen atoms in total. The molecule has 1 fully saturated rings. The molecule has 47 heavy (non-hydrogen) atoms. The fourth-order valence-corrected chi connectivity index (χ4v) is 6.09. The van der Waals surface area contributed by atoms with Crippen molar-refractivity contribution in [1.29, 1.82) is 0 Å². The Morgan fingerprint density at radius 1 is 1.19 bits per heavy atom. The van der Waals surface area contributed by atoms with E-state index in [-0.39, 0.29) is 24.7 Å². The second-order valence-electron chi connectivity index (χ2n) is 11.2. The molecule has 1 aliphatic rings. The number of aryl methyl sites for hydroxylation is 1. The van der Waals surface area contributed by atoms with Gasteiger partial charge in [-0.1, -0.05) is 23.3 Å². The van der Waals surface area contributed by atoms with Gasteiger partial charge in [0.2, 0.25) is 0 Å². The number of aromatic amines is 1. The average molecular weight is 685 g/mol. The van der Waals surface area contributed by atoms with Gasteiger partial charge in [-0.3, -0.25) is 28.5 Å². The van der Waals surface area contributed by atoms with Gasteiger partial charge < -0.3 is 23.8 Å². The van der Waals surface area contributed by atoms with Crippen LogP contribution in [0, 0.1) is 0 Å². The molecule has 0 bridgehead atoms. The molecule has 19 heteroatoms. The van der Waals surface area contributed by atoms with Gasteiger partial charge >= 0.3 is 25.4 Å². The first-order valence-corrected chi connectivity index (χ1v) is 16.2. The highest BCUT2D eigenvalue weighted by Gasteiger charge is 2.57. The summed E-state index contributed by atoms with van der Waals surface area (Å²) < 4.78 is 58.1. The summed E-state index contributed by atoms with van der Waals surface area (Å²) in [6.45, 7) is 6.21. The van der Waals surface area contributed by atoms with E-state index in [2.05, 4.69) is 15.1 Å². The van der Waals surface area contributed by atoms with E-state index in [1.54, 1.807) is 45.9 Å². The van der Waals surface area contributed by atoms with Gasteiger partial charge in [0.1, 0.15) is 23.5 Å². The lowest BCUT2D eigenvalue weighted by Gasteiger charge is -2.32. The minimum absolute atomic E-state index is 0.0110. The van der Waals surface area contributed by atoms with Gasteiger partial charge in [-0.2, -0.15) is 5.09 Å². The van der Waals surface area contributed by atoms with Gasteiger partial charge in [0.05, 0.1) is 25.4 Å². The predicted octanol–water partition coefficient (Wildman–Crippen LogP) is 2.83. The summed E-state index contributed by atoms with van der Waals surface area (Å²) in [5.74, 6) is -1.32. The maximum absolute atomic E-state index is 15.5. The van der Waals surface area contributed by atoms with Crippen LogP contribution in [0.2, 0.25) is 0 Å². The van der Waals surface area contributed by atoms with Gasteiger partial charge in [-0.25, -0.2) is 13.8 Å². The molecule has 2 aromatic rings. The number of benzene rings is 1. The van der Waals surface area contributed by atoms with Crippen LogP contribution < -0.4 is 20.9 Å². The van der Waals surface area contributed by atoms with E-state index in [0.717, 1.165) is 12.3 Å². The minimum atomic E-state index is -4.70. The van der Waals surface area contributed by atoms with Gasteiger partial charge in [0, 0.05) is 23.6 Å². The van der Waals surface area contributed by atoms with E-state index < -0.39 is 80.3 Å². The lowest BCUT2D eigenvalue weighted by atomic mass is 9.97. The number of alkyl halides is 1. The number of rotatable bonds is 16. The zero-order valence-corrected chi connectivity index (χ0v) is 27.3. The minimum Gasteiger partial charge on any atom is -0.463 e. The maximum atomic E-state index is 15.5. The number of carbonyl (C=O) groups is 2. The van der Waals surface area contributed by atoms with Gasteiger partial charge in [0.15, 0.2) is 12.4 Å². The van der Waals surface area contributed by atoms with Crippen molar-refractivity contribution in [2.75, 3.05) is 13.2 Å². The fraction of sp³-hybridized carbons (Fsp3) is 0.571. The van der Waals surface area contributed by atoms with Crippen LogP contribution in [0.3, 0.4) is 0 Å². The first kappa shape index (κ1) is 37.4. The van der Waals surface area contributed by atoms with Crippen molar-refractivity contribution in [3.63, 3.8) is 0 Å². The third kappa shape index (κ3) is 9.97. The van der Waals surface area contributed by atoms with E-state index in [4.69, 9.17) is 28.8 Å². The molecule has 1 aromatic carbocycles. The van der Waals surface area contributed by atoms with E-state index in [9.17, 15) is 28.8 Å². The van der Waals surface area contributed by atoms with Crippen molar-refractivity contribution in [2.24, 2.45) is 5.11 Å². The van der Waals surface area contributed by atoms with E-state index in [0.29, 0.717) is 10.1 Å². The number of aliphatic hydroxyl groups excluding tert-OH is 1. The molecule has 258 valence electrons. The Bertz CT molecular complexity index is 1630. The van der Waals surface area contributed by atoms with Crippen LogP contribution >= 0.6 is 7.75 Å². The first-order valence-electron chi connectivity index (χ1n) is 14.6. The van der Waals surface area contributed by atoms with E-state index in [1.165, 1.54) is 13.0 Å². The van der Waals surface area contributed by atoms with Gasteiger partial charge in [-0.15, -0.1) is 0 Å². The second kappa shape index (κ2) is 16.2. The smallest absolute Gasteiger partial charge is 0.459 e. The van der Waals surface area contributed by atoms with Crippen LogP contribution in [0.4, 0.5) is 4.39 Å². The van der Waals surface area contributed by atoms with Crippen LogP contribution in [0.25, 0.3) is 10.4 Å². The number of ether oxygens (including phenoxy) is 3. The van der Waals surface area contributed by atoms with Crippen molar-refractivity contribution < 1.29 is 46.9 Å². The summed E-state index contributed by atoms with van der Waals surface area (Å²) in [5.41, 5.74) is 5.36. The molecule has 1 saturated heterocycles. The molecular formula is C28H38FN6O11P. The lowest BCUT2D eigenvalue weighted by molar-refractivity contribution is -0.149. The van der Waals surface area contributed by atoms with Crippen molar-refractivity contribution in [2.45, 2.75) is 89.8 Å². The molecule has 0 aliphatic carbocycles. The number of esters is 2. The quantitative estimate of drug-likeness (QED) is 0.0761. The van der Waals surface area contributed by atoms with Crippen molar-refractivity contribution in [1.82, 2.24) is 14.6 Å². The standard InChI is InChI=1S/C28H38FN6O11P/c1-16(2)43-22(37)11-10-19-8-6-7-9-20(19)46-47(41,33-18(5)26(39)44-17(3)4)42-15-28(14-31-34-30)24(38)23(29)25(45-28)35-13-12-21(36)32-27(35)40/h6-9,12-13,16-18,23-25,38H,10-11,14-15H2,1-5H3,(H,33,41)(H,32,36,40)/t18?,23-,24+,25-,28-,47?/m1/s1. The number of para-hydroxylation sites is 1. The number of nitrogens with zero attached hydrogens (tertiary/aromatic N) is 4. The highest BCUT2D eigenvalue weighted by Crippen LogP contribution is 2.49. The third-order valence-electron chi connectivity index (χ3n) is 6.69. The number of halogens is 1. The van der Waals surface area contributed by atoms with Crippen LogP contribution in [0.5, 0.6) is 5.75 Å². The maximum Gasteiger partial charge on any atom is 0.459 e. The molecule has 0 spiro atoms. The molecule has 0 radical (unpaired) electrons. The Balaban J connectivity index is 1.97. The van der Waals surface area contributed by atoms with Crippen LogP contribution in [0.15, 0.2) is 51.2 Å². The van der Waals surface area contributed by atoms with Crippen molar-refractivity contribution in [3.8, 4) is 5.75 Å². The molecule has 2 heterocycles. The lowest BCUT2D eigenvalue weighted by Crippen LogP contribution is -2.49. The second-order valence-corrected chi connectivity index (χ2v) is 12.9. The molecule has 1 aliphatic heterocycles. The number of aromatic nitrogens is 2. The van der Waals surface area contributed by atoms with Crippen molar-refractivity contribution >= 4 is 19.7 Å². The first-order chi connectivity index (χ1) is 22.1. The number of hydrogen-bond acceptors (Lipinski definition) is 12. The SMILES string of the molecule is CC(C)OC(=O)CCc1ccccc1OP(=O)(NC(C)C(=O)OC(C)C)OC[C@@]1(CN=[N+]=[N-])O[C@@H](n2ccc(=O)[nH]c2=O)[C@H](F)[C@@H]1O. The summed E-state index contributed by atoms with van der Waals surface area (Å²) in [6, 6.07) is 5.88. The highest BCUT2D eigenvalue weighted by molar-refractivity contribution is 7.52. The molecule has 1 aromatic heterocycles. The zero-order valence-electron chi connectivity index (χ0n) is 26.4. The predicted molar refractivity (Wildman–Crippen MR) is 163 cm³/mol. The Morgan fingerprint density at radius 2 is 1.87 bits per heavy atom. The molecule has 0 amide bonds. The summed E-state index contributed by atoms with van der Waals surface area (Å²) in [5, 5.41) is 16.8. The van der Waals surface area contributed by atoms with Crippen LogP contribution in [-0.2, 0) is 39.3 Å². The molecule has 6 atom stereocenters.